The van der Waals surface area contributed by atoms with Crippen molar-refractivity contribution in [3.05, 3.63) is 0 Å². The Balaban J connectivity index is 2.00. The average Bonchev–Trinajstić information content (AvgIpc) is 2.87. The van der Waals surface area contributed by atoms with Crippen LogP contribution in [0.3, 0.4) is 0 Å². The molecule has 1 atom stereocenters. The van der Waals surface area contributed by atoms with Crippen molar-refractivity contribution < 1.29 is 17.9 Å². The van der Waals surface area contributed by atoms with Gasteiger partial charge in [-0.1, -0.05) is 0 Å². The molecule has 6 nitrogen and oxygen atoms in total. The topological polar surface area (TPSA) is 76.7 Å². The van der Waals surface area contributed by atoms with Gasteiger partial charge in [-0.3, -0.25) is 0 Å². The van der Waals surface area contributed by atoms with E-state index >= 15 is 0 Å². The maximum absolute atomic E-state index is 11.8. The van der Waals surface area contributed by atoms with E-state index in [2.05, 4.69) is 10.0 Å². The van der Waals surface area contributed by atoms with E-state index in [-0.39, 0.29) is 5.25 Å². The SMILES string of the molecule is COCCOCCCCNS(=O)(=O)C1CCNC1. The molecule has 1 unspecified atom stereocenters. The van der Waals surface area contributed by atoms with Crippen LogP contribution >= 0.6 is 0 Å². The molecule has 18 heavy (non-hydrogen) atoms. The number of hydrogen-bond acceptors (Lipinski definition) is 5. The summed E-state index contributed by atoms with van der Waals surface area (Å²) in [6.45, 7) is 3.69. The highest BCUT2D eigenvalue weighted by atomic mass is 32.2. The fourth-order valence-corrected chi connectivity index (χ4v) is 3.23. The first-order chi connectivity index (χ1) is 8.67. The van der Waals surface area contributed by atoms with Gasteiger partial charge in [-0.25, -0.2) is 13.1 Å². The maximum Gasteiger partial charge on any atom is 0.215 e. The molecule has 1 aliphatic rings. The van der Waals surface area contributed by atoms with Crippen molar-refractivity contribution in [3.63, 3.8) is 0 Å². The molecule has 0 aromatic rings. The van der Waals surface area contributed by atoms with Crippen LogP contribution in [-0.4, -0.2) is 60.2 Å². The zero-order valence-corrected chi connectivity index (χ0v) is 11.8. The van der Waals surface area contributed by atoms with Gasteiger partial charge in [-0.15, -0.1) is 0 Å². The Morgan fingerprint density at radius 3 is 2.78 bits per heavy atom. The number of unbranched alkanes of at least 4 members (excludes halogenated alkanes) is 1. The van der Waals surface area contributed by atoms with Crippen LogP contribution < -0.4 is 10.0 Å². The van der Waals surface area contributed by atoms with Crippen LogP contribution in [0.1, 0.15) is 19.3 Å². The van der Waals surface area contributed by atoms with Crippen molar-refractivity contribution in [1.82, 2.24) is 10.0 Å². The van der Waals surface area contributed by atoms with E-state index in [4.69, 9.17) is 9.47 Å². The molecule has 1 aliphatic heterocycles. The van der Waals surface area contributed by atoms with Gasteiger partial charge < -0.3 is 14.8 Å². The molecule has 2 N–H and O–H groups in total. The highest BCUT2D eigenvalue weighted by Crippen LogP contribution is 2.08. The van der Waals surface area contributed by atoms with E-state index in [9.17, 15) is 8.42 Å². The Labute approximate surface area is 109 Å². The standard InChI is InChI=1S/C11H24N2O4S/c1-16-8-9-17-7-3-2-5-13-18(14,15)11-4-6-12-10-11/h11-13H,2-10H2,1H3. The monoisotopic (exact) mass is 280 g/mol. The van der Waals surface area contributed by atoms with Gasteiger partial charge in [0.1, 0.15) is 0 Å². The Morgan fingerprint density at radius 2 is 2.11 bits per heavy atom. The maximum atomic E-state index is 11.8. The predicted molar refractivity (Wildman–Crippen MR) is 70.1 cm³/mol. The Hall–Kier alpha value is -0.210. The van der Waals surface area contributed by atoms with Gasteiger partial charge in [0.05, 0.1) is 18.5 Å². The Morgan fingerprint density at radius 1 is 1.28 bits per heavy atom. The Bertz CT molecular complexity index is 302. The summed E-state index contributed by atoms with van der Waals surface area (Å²) in [5.41, 5.74) is 0. The summed E-state index contributed by atoms with van der Waals surface area (Å²) in [7, 11) is -1.50. The summed E-state index contributed by atoms with van der Waals surface area (Å²) in [6, 6.07) is 0. The van der Waals surface area contributed by atoms with Crippen molar-refractivity contribution >= 4 is 10.0 Å². The van der Waals surface area contributed by atoms with Crippen molar-refractivity contribution in [3.8, 4) is 0 Å². The van der Waals surface area contributed by atoms with Crippen LogP contribution in [0.15, 0.2) is 0 Å². The van der Waals surface area contributed by atoms with Gasteiger partial charge in [0, 0.05) is 26.8 Å². The molecular weight excluding hydrogens is 256 g/mol. The van der Waals surface area contributed by atoms with Gasteiger partial charge >= 0.3 is 0 Å². The molecule has 0 aromatic carbocycles. The molecule has 0 aliphatic carbocycles. The summed E-state index contributed by atoms with van der Waals surface area (Å²) < 4.78 is 36.4. The molecular formula is C11H24N2O4S. The summed E-state index contributed by atoms with van der Waals surface area (Å²) >= 11 is 0. The number of rotatable bonds is 10. The van der Waals surface area contributed by atoms with Gasteiger partial charge in [-0.2, -0.15) is 0 Å². The fourth-order valence-electron chi connectivity index (χ4n) is 1.80. The summed E-state index contributed by atoms with van der Waals surface area (Å²) in [5, 5.41) is 2.79. The summed E-state index contributed by atoms with van der Waals surface area (Å²) in [6.07, 6.45) is 2.36. The largest absolute Gasteiger partial charge is 0.382 e. The minimum atomic E-state index is -3.13. The zero-order chi connectivity index (χ0) is 13.3. The summed E-state index contributed by atoms with van der Waals surface area (Å²) in [5.74, 6) is 0. The minimum Gasteiger partial charge on any atom is -0.382 e. The van der Waals surface area contributed by atoms with E-state index in [1.807, 2.05) is 0 Å². The van der Waals surface area contributed by atoms with E-state index in [1.54, 1.807) is 7.11 Å². The molecule has 0 bridgehead atoms. The first kappa shape index (κ1) is 15.8. The number of sulfonamides is 1. The zero-order valence-electron chi connectivity index (χ0n) is 11.0. The number of methoxy groups -OCH3 is 1. The molecule has 1 heterocycles. The van der Waals surface area contributed by atoms with E-state index in [0.717, 1.165) is 19.4 Å². The Kier molecular flexibility index (Phi) is 7.76. The van der Waals surface area contributed by atoms with E-state index < -0.39 is 10.0 Å². The molecule has 1 fully saturated rings. The average molecular weight is 280 g/mol. The van der Waals surface area contributed by atoms with E-state index in [0.29, 0.717) is 39.3 Å². The van der Waals surface area contributed by atoms with Crippen molar-refractivity contribution in [2.45, 2.75) is 24.5 Å². The first-order valence-electron chi connectivity index (χ1n) is 6.42. The van der Waals surface area contributed by atoms with Crippen molar-refractivity contribution in [2.75, 3.05) is 46.6 Å². The van der Waals surface area contributed by atoms with Crippen LogP contribution in [0.2, 0.25) is 0 Å². The molecule has 1 rings (SSSR count). The fraction of sp³-hybridized carbons (Fsp3) is 1.00. The van der Waals surface area contributed by atoms with Gasteiger partial charge in [0.2, 0.25) is 10.0 Å². The lowest BCUT2D eigenvalue weighted by Crippen LogP contribution is -2.36. The summed E-state index contributed by atoms with van der Waals surface area (Å²) in [4.78, 5) is 0. The smallest absolute Gasteiger partial charge is 0.215 e. The lowest BCUT2D eigenvalue weighted by molar-refractivity contribution is 0.0689. The normalized spacial score (nSPS) is 20.4. The molecule has 0 amide bonds. The van der Waals surface area contributed by atoms with Crippen molar-refractivity contribution in [2.24, 2.45) is 0 Å². The molecule has 0 spiro atoms. The van der Waals surface area contributed by atoms with Crippen molar-refractivity contribution in [1.29, 1.82) is 0 Å². The highest BCUT2D eigenvalue weighted by Gasteiger charge is 2.27. The highest BCUT2D eigenvalue weighted by molar-refractivity contribution is 7.90. The molecule has 7 heteroatoms. The molecule has 0 saturated carbocycles. The van der Waals surface area contributed by atoms with Crippen LogP contribution in [-0.2, 0) is 19.5 Å². The quantitative estimate of drug-likeness (QED) is 0.538. The van der Waals surface area contributed by atoms with Crippen LogP contribution in [0, 0.1) is 0 Å². The molecule has 108 valence electrons. The van der Waals surface area contributed by atoms with E-state index in [1.165, 1.54) is 0 Å². The second-order valence-corrected chi connectivity index (χ2v) is 6.41. The number of hydrogen-bond donors (Lipinski definition) is 2. The second-order valence-electron chi connectivity index (χ2n) is 4.37. The lowest BCUT2D eigenvalue weighted by atomic mass is 10.3. The van der Waals surface area contributed by atoms with Gasteiger partial charge in [0.15, 0.2) is 0 Å². The molecule has 0 aromatic heterocycles. The number of nitrogens with one attached hydrogen (secondary N) is 2. The van der Waals surface area contributed by atoms with Gasteiger partial charge in [-0.05, 0) is 25.8 Å². The number of ether oxygens (including phenoxy) is 2. The third-order valence-electron chi connectivity index (χ3n) is 2.90. The van der Waals surface area contributed by atoms with Crippen LogP contribution in [0.5, 0.6) is 0 Å². The predicted octanol–water partition coefficient (Wildman–Crippen LogP) is -0.289. The molecule has 0 radical (unpaired) electrons. The minimum absolute atomic E-state index is 0.268. The third kappa shape index (κ3) is 6.10. The van der Waals surface area contributed by atoms with Crippen LogP contribution in [0.4, 0.5) is 0 Å². The second kappa shape index (κ2) is 8.82. The first-order valence-corrected chi connectivity index (χ1v) is 7.97. The van der Waals surface area contributed by atoms with Gasteiger partial charge in [0.25, 0.3) is 0 Å². The van der Waals surface area contributed by atoms with Crippen LogP contribution in [0.25, 0.3) is 0 Å². The lowest BCUT2D eigenvalue weighted by Gasteiger charge is -2.11. The molecule has 1 saturated heterocycles. The third-order valence-corrected chi connectivity index (χ3v) is 4.79.